The minimum absolute atomic E-state index is 0.300. The summed E-state index contributed by atoms with van der Waals surface area (Å²) in [4.78, 5) is 8.68. The van der Waals surface area contributed by atoms with Crippen LogP contribution < -0.4 is 15.8 Å². The molecule has 0 bridgehead atoms. The molecule has 0 spiro atoms. The molecule has 2 heterocycles. The molecule has 0 unspecified atom stereocenters. The predicted octanol–water partition coefficient (Wildman–Crippen LogP) is 2.25. The maximum Gasteiger partial charge on any atom is 0.213 e. The number of nitrogens with zero attached hydrogens (tertiary/aromatic N) is 2. The van der Waals surface area contributed by atoms with E-state index in [-0.39, 0.29) is 0 Å². The van der Waals surface area contributed by atoms with Gasteiger partial charge in [0.25, 0.3) is 0 Å². The molecule has 0 aromatic carbocycles. The lowest BCUT2D eigenvalue weighted by Crippen LogP contribution is -2.12. The second-order valence-corrected chi connectivity index (χ2v) is 4.15. The fourth-order valence-corrected chi connectivity index (χ4v) is 1.69. The Morgan fingerprint density at radius 2 is 2.21 bits per heavy atom. The quantitative estimate of drug-likeness (QED) is 0.815. The van der Waals surface area contributed by atoms with Gasteiger partial charge in [-0.3, -0.25) is 0 Å². The molecular weight excluding hydrogens is 260 g/mol. The number of nitrogens with one attached hydrogen (secondary N) is 1. The van der Waals surface area contributed by atoms with E-state index in [2.05, 4.69) is 15.3 Å². The Hall–Kier alpha value is -2.21. The maximum absolute atomic E-state index is 5.65. The minimum Gasteiger partial charge on any atom is -0.478 e. The van der Waals surface area contributed by atoms with E-state index in [1.807, 2.05) is 19.1 Å². The van der Waals surface area contributed by atoms with Crippen LogP contribution in [0.25, 0.3) is 0 Å². The van der Waals surface area contributed by atoms with Crippen LogP contribution in [0.2, 0.25) is 0 Å². The van der Waals surface area contributed by atoms with Crippen molar-refractivity contribution in [3.05, 3.63) is 42.2 Å². The van der Waals surface area contributed by atoms with Gasteiger partial charge in [-0.25, -0.2) is 9.97 Å². The molecular formula is C13H14N4OS. The molecule has 0 aliphatic carbocycles. The Balaban J connectivity index is 2.19. The van der Waals surface area contributed by atoms with Gasteiger partial charge in [0.1, 0.15) is 10.8 Å². The minimum atomic E-state index is 0.300. The molecule has 0 atom stereocenters. The summed E-state index contributed by atoms with van der Waals surface area (Å²) in [5, 5.41) is 3.13. The van der Waals surface area contributed by atoms with Crippen molar-refractivity contribution in [2.45, 2.75) is 6.92 Å². The van der Waals surface area contributed by atoms with Gasteiger partial charge in [-0.1, -0.05) is 12.2 Å². The number of anilines is 2. The van der Waals surface area contributed by atoms with Crippen LogP contribution in [0.4, 0.5) is 11.5 Å². The van der Waals surface area contributed by atoms with Gasteiger partial charge in [0.15, 0.2) is 0 Å². The van der Waals surface area contributed by atoms with Crippen molar-refractivity contribution in [2.24, 2.45) is 5.73 Å². The van der Waals surface area contributed by atoms with E-state index in [1.54, 1.807) is 24.5 Å². The molecule has 2 rings (SSSR count). The molecule has 0 amide bonds. The summed E-state index contributed by atoms with van der Waals surface area (Å²) in [5.41, 5.74) is 7.14. The van der Waals surface area contributed by atoms with Crippen LogP contribution >= 0.6 is 12.2 Å². The van der Waals surface area contributed by atoms with Crippen LogP contribution in [-0.2, 0) is 0 Å². The van der Waals surface area contributed by atoms with Crippen LogP contribution in [0.5, 0.6) is 5.88 Å². The van der Waals surface area contributed by atoms with Gasteiger partial charge in [0.2, 0.25) is 5.88 Å². The van der Waals surface area contributed by atoms with Gasteiger partial charge in [0.05, 0.1) is 24.1 Å². The lowest BCUT2D eigenvalue weighted by Gasteiger charge is -2.10. The predicted molar refractivity (Wildman–Crippen MR) is 78.8 cm³/mol. The van der Waals surface area contributed by atoms with Crippen LogP contribution in [0.3, 0.4) is 0 Å². The molecule has 0 aliphatic heterocycles. The van der Waals surface area contributed by atoms with Crippen LogP contribution in [0, 0.1) is 0 Å². The molecule has 2 aromatic heterocycles. The Kier molecular flexibility index (Phi) is 4.25. The van der Waals surface area contributed by atoms with Crippen molar-refractivity contribution in [3.8, 4) is 5.88 Å². The van der Waals surface area contributed by atoms with Crippen molar-refractivity contribution in [3.63, 3.8) is 0 Å². The molecule has 0 fully saturated rings. The Bertz CT molecular complexity index is 571. The van der Waals surface area contributed by atoms with Crippen molar-refractivity contribution in [1.29, 1.82) is 0 Å². The summed E-state index contributed by atoms with van der Waals surface area (Å²) in [6.45, 7) is 2.50. The number of nitrogens with two attached hydrogens (primary N) is 1. The third kappa shape index (κ3) is 3.38. The fraction of sp³-hybridized carbons (Fsp3) is 0.154. The Morgan fingerprint density at radius 1 is 1.37 bits per heavy atom. The Morgan fingerprint density at radius 3 is 2.84 bits per heavy atom. The van der Waals surface area contributed by atoms with E-state index in [0.717, 1.165) is 5.69 Å². The SMILES string of the molecule is CCOc1ccc(Nc2ncccc2C(N)=S)cn1. The van der Waals surface area contributed by atoms with E-state index in [1.165, 1.54) is 0 Å². The van der Waals surface area contributed by atoms with E-state index < -0.39 is 0 Å². The second kappa shape index (κ2) is 6.10. The van der Waals surface area contributed by atoms with Gasteiger partial charge in [-0.05, 0) is 25.1 Å². The average Bonchev–Trinajstić information content (AvgIpc) is 2.42. The van der Waals surface area contributed by atoms with Crippen LogP contribution in [0.1, 0.15) is 12.5 Å². The molecule has 0 saturated heterocycles. The van der Waals surface area contributed by atoms with Crippen LogP contribution in [0.15, 0.2) is 36.7 Å². The standard InChI is InChI=1S/C13H14N4OS/c1-2-18-11-6-5-9(8-16-11)17-13-10(12(14)19)4-3-7-15-13/h3-8H,2H2,1H3,(H2,14,19)(H,15,17). The fourth-order valence-electron chi connectivity index (χ4n) is 1.53. The molecule has 98 valence electrons. The third-order valence-electron chi connectivity index (χ3n) is 2.36. The van der Waals surface area contributed by atoms with E-state index >= 15 is 0 Å². The molecule has 6 heteroatoms. The van der Waals surface area contributed by atoms with Gasteiger partial charge in [-0.15, -0.1) is 0 Å². The zero-order valence-corrected chi connectivity index (χ0v) is 11.3. The number of rotatable bonds is 5. The second-order valence-electron chi connectivity index (χ2n) is 3.71. The van der Waals surface area contributed by atoms with E-state index in [4.69, 9.17) is 22.7 Å². The highest BCUT2D eigenvalue weighted by molar-refractivity contribution is 7.80. The van der Waals surface area contributed by atoms with Gasteiger partial charge >= 0.3 is 0 Å². The monoisotopic (exact) mass is 274 g/mol. The van der Waals surface area contributed by atoms with Crippen molar-refractivity contribution in [2.75, 3.05) is 11.9 Å². The van der Waals surface area contributed by atoms with E-state index in [0.29, 0.717) is 28.9 Å². The molecule has 3 N–H and O–H groups in total. The first-order chi connectivity index (χ1) is 9.20. The first kappa shape index (κ1) is 13.2. The molecule has 0 aliphatic rings. The normalized spacial score (nSPS) is 9.95. The Labute approximate surface area is 116 Å². The number of hydrogen-bond donors (Lipinski definition) is 2. The van der Waals surface area contributed by atoms with Gasteiger partial charge in [-0.2, -0.15) is 0 Å². The summed E-state index contributed by atoms with van der Waals surface area (Å²) in [7, 11) is 0. The summed E-state index contributed by atoms with van der Waals surface area (Å²) < 4.78 is 5.28. The molecule has 5 nitrogen and oxygen atoms in total. The number of pyridine rings is 2. The topological polar surface area (TPSA) is 73.1 Å². The average molecular weight is 274 g/mol. The summed E-state index contributed by atoms with van der Waals surface area (Å²) in [6, 6.07) is 7.25. The zero-order chi connectivity index (χ0) is 13.7. The molecule has 0 saturated carbocycles. The largest absolute Gasteiger partial charge is 0.478 e. The maximum atomic E-state index is 5.65. The van der Waals surface area contributed by atoms with Gasteiger partial charge in [0, 0.05) is 12.3 Å². The van der Waals surface area contributed by atoms with Crippen molar-refractivity contribution < 1.29 is 4.74 Å². The third-order valence-corrected chi connectivity index (χ3v) is 2.58. The lowest BCUT2D eigenvalue weighted by atomic mass is 10.2. The summed E-state index contributed by atoms with van der Waals surface area (Å²) in [5.74, 6) is 1.20. The molecule has 2 aromatic rings. The smallest absolute Gasteiger partial charge is 0.213 e. The van der Waals surface area contributed by atoms with Crippen molar-refractivity contribution in [1.82, 2.24) is 9.97 Å². The summed E-state index contributed by atoms with van der Waals surface area (Å²) >= 11 is 4.98. The highest BCUT2D eigenvalue weighted by atomic mass is 32.1. The number of ether oxygens (including phenoxy) is 1. The lowest BCUT2D eigenvalue weighted by molar-refractivity contribution is 0.327. The first-order valence-corrected chi connectivity index (χ1v) is 6.22. The van der Waals surface area contributed by atoms with Gasteiger partial charge < -0.3 is 15.8 Å². The summed E-state index contributed by atoms with van der Waals surface area (Å²) in [6.07, 6.45) is 3.34. The highest BCUT2D eigenvalue weighted by Gasteiger charge is 2.06. The molecule has 19 heavy (non-hydrogen) atoms. The first-order valence-electron chi connectivity index (χ1n) is 5.81. The van der Waals surface area contributed by atoms with Crippen LogP contribution in [-0.4, -0.2) is 21.6 Å². The number of thiocarbonyl (C=S) groups is 1. The number of hydrogen-bond acceptors (Lipinski definition) is 5. The molecule has 0 radical (unpaired) electrons. The zero-order valence-electron chi connectivity index (χ0n) is 10.5. The highest BCUT2D eigenvalue weighted by Crippen LogP contribution is 2.19. The number of aromatic nitrogens is 2. The van der Waals surface area contributed by atoms with Crippen molar-refractivity contribution >= 4 is 28.7 Å². The van der Waals surface area contributed by atoms with E-state index in [9.17, 15) is 0 Å².